The Morgan fingerprint density at radius 3 is 2.69 bits per heavy atom. The lowest BCUT2D eigenvalue weighted by molar-refractivity contribution is 0.0934. The fourth-order valence-corrected chi connectivity index (χ4v) is 1.66. The van der Waals surface area contributed by atoms with Crippen LogP contribution in [0.5, 0.6) is 0 Å². The van der Waals surface area contributed by atoms with Gasteiger partial charge in [-0.15, -0.1) is 12.4 Å². The Hall–Kier alpha value is -1.00. The average Bonchev–Trinajstić information content (AvgIpc) is 2.45. The van der Waals surface area contributed by atoms with Crippen molar-refractivity contribution in [1.82, 2.24) is 15.2 Å². The van der Waals surface area contributed by atoms with Crippen LogP contribution in [0.3, 0.4) is 0 Å². The van der Waals surface area contributed by atoms with Gasteiger partial charge in [-0.3, -0.25) is 4.79 Å². The first-order chi connectivity index (χ1) is 7.18. The van der Waals surface area contributed by atoms with E-state index < -0.39 is 0 Å². The molecule has 5 heteroatoms. The number of carbonyl (C=O) groups excluding carboxylic acids is 1. The molecule has 1 fully saturated rings. The average molecular weight is 244 g/mol. The third kappa shape index (κ3) is 2.57. The number of aryl methyl sites for hydroxylation is 1. The van der Waals surface area contributed by atoms with E-state index in [0.29, 0.717) is 5.92 Å². The van der Waals surface area contributed by atoms with Gasteiger partial charge in [0, 0.05) is 38.3 Å². The number of rotatable bonds is 3. The summed E-state index contributed by atoms with van der Waals surface area (Å²) < 4.78 is 1.91. The summed E-state index contributed by atoms with van der Waals surface area (Å²) in [6.45, 7) is 4.81. The quantitative estimate of drug-likeness (QED) is 0.821. The molecule has 0 aromatic carbocycles. The van der Waals surface area contributed by atoms with E-state index in [-0.39, 0.29) is 18.3 Å². The summed E-state index contributed by atoms with van der Waals surface area (Å²) in [5.41, 5.74) is 1.84. The normalized spacial score (nSPS) is 15.1. The molecule has 1 aliphatic rings. The molecule has 90 valence electrons. The summed E-state index contributed by atoms with van der Waals surface area (Å²) >= 11 is 0. The van der Waals surface area contributed by atoms with Crippen LogP contribution < -0.4 is 10.6 Å². The van der Waals surface area contributed by atoms with Gasteiger partial charge >= 0.3 is 0 Å². The van der Waals surface area contributed by atoms with Gasteiger partial charge in [0.1, 0.15) is 5.69 Å². The van der Waals surface area contributed by atoms with E-state index in [9.17, 15) is 4.79 Å². The van der Waals surface area contributed by atoms with E-state index in [0.717, 1.165) is 31.0 Å². The minimum atomic E-state index is 0. The van der Waals surface area contributed by atoms with Crippen molar-refractivity contribution in [2.75, 3.05) is 19.6 Å². The Balaban J connectivity index is 0.00000128. The molecule has 2 rings (SSSR count). The predicted octanol–water partition coefficient (Wildman–Crippen LogP) is 0.705. The second-order valence-corrected chi connectivity index (χ2v) is 4.15. The minimum absolute atomic E-state index is 0. The molecule has 2 N–H and O–H groups in total. The molecular weight excluding hydrogens is 226 g/mol. The smallest absolute Gasteiger partial charge is 0.267 e. The number of nitrogens with zero attached hydrogens (tertiary/aromatic N) is 1. The molecule has 0 aliphatic carbocycles. The second-order valence-electron chi connectivity index (χ2n) is 4.15. The van der Waals surface area contributed by atoms with Crippen molar-refractivity contribution >= 4 is 18.3 Å². The van der Waals surface area contributed by atoms with Crippen molar-refractivity contribution in [3.63, 3.8) is 0 Å². The number of hydrogen-bond acceptors (Lipinski definition) is 2. The molecule has 1 aromatic rings. The molecule has 0 bridgehead atoms. The highest BCUT2D eigenvalue weighted by Crippen LogP contribution is 2.06. The highest BCUT2D eigenvalue weighted by Gasteiger charge is 2.18. The Bertz CT molecular complexity index is 371. The van der Waals surface area contributed by atoms with Crippen LogP contribution in [0.25, 0.3) is 0 Å². The Kier molecular flexibility index (Phi) is 4.38. The molecule has 2 heterocycles. The van der Waals surface area contributed by atoms with Crippen molar-refractivity contribution < 1.29 is 4.79 Å². The van der Waals surface area contributed by atoms with Crippen LogP contribution in [-0.4, -0.2) is 30.1 Å². The van der Waals surface area contributed by atoms with E-state index in [1.54, 1.807) is 0 Å². The molecule has 1 aliphatic heterocycles. The fourth-order valence-electron chi connectivity index (χ4n) is 1.66. The van der Waals surface area contributed by atoms with E-state index in [1.165, 1.54) is 0 Å². The van der Waals surface area contributed by atoms with Crippen LogP contribution in [0.2, 0.25) is 0 Å². The van der Waals surface area contributed by atoms with Crippen LogP contribution in [-0.2, 0) is 7.05 Å². The Morgan fingerprint density at radius 2 is 2.25 bits per heavy atom. The van der Waals surface area contributed by atoms with Gasteiger partial charge in [-0.25, -0.2) is 0 Å². The van der Waals surface area contributed by atoms with E-state index in [4.69, 9.17) is 0 Å². The number of nitrogens with one attached hydrogen (secondary N) is 2. The zero-order chi connectivity index (χ0) is 10.8. The summed E-state index contributed by atoms with van der Waals surface area (Å²) in [5, 5.41) is 6.14. The maximum atomic E-state index is 11.8. The van der Waals surface area contributed by atoms with E-state index >= 15 is 0 Å². The summed E-state index contributed by atoms with van der Waals surface area (Å²) in [7, 11) is 1.91. The maximum Gasteiger partial charge on any atom is 0.267 e. The first kappa shape index (κ1) is 13.1. The third-order valence-corrected chi connectivity index (χ3v) is 3.02. The summed E-state index contributed by atoms with van der Waals surface area (Å²) in [6, 6.07) is 3.82. The number of amides is 1. The maximum absolute atomic E-state index is 11.8. The number of halogens is 1. The molecule has 1 amide bonds. The molecular formula is C11H18ClN3O. The van der Waals surface area contributed by atoms with Crippen molar-refractivity contribution in [3.05, 3.63) is 23.5 Å². The molecule has 0 radical (unpaired) electrons. The largest absolute Gasteiger partial charge is 0.350 e. The molecule has 1 aromatic heterocycles. The van der Waals surface area contributed by atoms with Crippen molar-refractivity contribution in [1.29, 1.82) is 0 Å². The Morgan fingerprint density at radius 1 is 1.56 bits per heavy atom. The third-order valence-electron chi connectivity index (χ3n) is 3.02. The Labute approximate surface area is 102 Å². The van der Waals surface area contributed by atoms with Crippen molar-refractivity contribution in [2.45, 2.75) is 6.92 Å². The lowest BCUT2D eigenvalue weighted by Gasteiger charge is -2.27. The van der Waals surface area contributed by atoms with E-state index in [2.05, 4.69) is 10.6 Å². The number of aromatic nitrogens is 1. The molecule has 16 heavy (non-hydrogen) atoms. The predicted molar refractivity (Wildman–Crippen MR) is 66.1 cm³/mol. The van der Waals surface area contributed by atoms with Gasteiger partial charge in [0.15, 0.2) is 0 Å². The van der Waals surface area contributed by atoms with Crippen LogP contribution in [0.15, 0.2) is 12.1 Å². The molecule has 0 saturated carbocycles. The van der Waals surface area contributed by atoms with Gasteiger partial charge in [0.05, 0.1) is 0 Å². The number of carbonyl (C=O) groups is 1. The van der Waals surface area contributed by atoms with Crippen molar-refractivity contribution in [3.8, 4) is 0 Å². The zero-order valence-corrected chi connectivity index (χ0v) is 10.4. The molecule has 4 nitrogen and oxygen atoms in total. The highest BCUT2D eigenvalue weighted by atomic mass is 35.5. The minimum Gasteiger partial charge on any atom is -0.350 e. The monoisotopic (exact) mass is 243 g/mol. The zero-order valence-electron chi connectivity index (χ0n) is 9.62. The van der Waals surface area contributed by atoms with Crippen LogP contribution in [0, 0.1) is 12.8 Å². The SMILES string of the molecule is Cc1ccc(C(=O)NCC2CNC2)n1C.Cl. The topological polar surface area (TPSA) is 46.1 Å². The van der Waals surface area contributed by atoms with Gasteiger partial charge in [-0.2, -0.15) is 0 Å². The fraction of sp³-hybridized carbons (Fsp3) is 0.545. The summed E-state index contributed by atoms with van der Waals surface area (Å²) in [4.78, 5) is 11.8. The lowest BCUT2D eigenvalue weighted by atomic mass is 10.0. The first-order valence-corrected chi connectivity index (χ1v) is 5.29. The molecule has 0 atom stereocenters. The lowest BCUT2D eigenvalue weighted by Crippen LogP contribution is -2.48. The second kappa shape index (κ2) is 5.37. The van der Waals surface area contributed by atoms with E-state index in [1.807, 2.05) is 30.7 Å². The van der Waals surface area contributed by atoms with Gasteiger partial charge in [0.2, 0.25) is 0 Å². The molecule has 0 spiro atoms. The highest BCUT2D eigenvalue weighted by molar-refractivity contribution is 5.92. The van der Waals surface area contributed by atoms with Crippen LogP contribution >= 0.6 is 12.4 Å². The van der Waals surface area contributed by atoms with Crippen LogP contribution in [0.1, 0.15) is 16.2 Å². The van der Waals surface area contributed by atoms with Crippen molar-refractivity contribution in [2.24, 2.45) is 13.0 Å². The molecule has 1 saturated heterocycles. The van der Waals surface area contributed by atoms with Gasteiger partial charge < -0.3 is 15.2 Å². The van der Waals surface area contributed by atoms with Gasteiger partial charge in [-0.1, -0.05) is 0 Å². The first-order valence-electron chi connectivity index (χ1n) is 5.29. The summed E-state index contributed by atoms with van der Waals surface area (Å²) in [5.74, 6) is 0.632. The standard InChI is InChI=1S/C11H17N3O.ClH/c1-8-3-4-10(14(8)2)11(15)13-7-9-5-12-6-9;/h3-4,9,12H,5-7H2,1-2H3,(H,13,15);1H. The van der Waals surface area contributed by atoms with Crippen LogP contribution in [0.4, 0.5) is 0 Å². The molecule has 0 unspecified atom stereocenters. The summed E-state index contributed by atoms with van der Waals surface area (Å²) in [6.07, 6.45) is 0. The van der Waals surface area contributed by atoms with Gasteiger partial charge in [0.25, 0.3) is 5.91 Å². The van der Waals surface area contributed by atoms with Gasteiger partial charge in [-0.05, 0) is 19.1 Å². The number of hydrogen-bond donors (Lipinski definition) is 2.